The molecule has 150 valence electrons. The summed E-state index contributed by atoms with van der Waals surface area (Å²) in [5.41, 5.74) is 0.740. The van der Waals surface area contributed by atoms with Crippen molar-refractivity contribution in [3.05, 3.63) is 58.5 Å². The fraction of sp³-hybridized carbons (Fsp3) is 0.105. The van der Waals surface area contributed by atoms with Gasteiger partial charge in [-0.25, -0.2) is 0 Å². The molecule has 0 aliphatic rings. The highest BCUT2D eigenvalue weighted by Crippen LogP contribution is 2.33. The molecule has 1 amide bonds. The van der Waals surface area contributed by atoms with Gasteiger partial charge in [0.1, 0.15) is 11.5 Å². The number of carbonyl (C=O) groups excluding carboxylic acids is 1. The summed E-state index contributed by atoms with van der Waals surface area (Å²) in [4.78, 5) is 12.3. The molecule has 1 aromatic heterocycles. The van der Waals surface area contributed by atoms with Crippen molar-refractivity contribution in [2.45, 2.75) is 11.7 Å². The van der Waals surface area contributed by atoms with E-state index >= 15 is 0 Å². The minimum absolute atomic E-state index is 0.0334. The highest BCUT2D eigenvalue weighted by molar-refractivity contribution is 9.10. The second-order valence-electron chi connectivity index (χ2n) is 5.87. The first kappa shape index (κ1) is 21.2. The number of halogens is 2. The van der Waals surface area contributed by atoms with Gasteiger partial charge in [-0.2, -0.15) is 0 Å². The monoisotopic (exact) mass is 494 g/mol. The number of hydrogen-bond acceptors (Lipinski definition) is 6. The Kier molecular flexibility index (Phi) is 6.83. The zero-order valence-electron chi connectivity index (χ0n) is 15.0. The van der Waals surface area contributed by atoms with Crippen molar-refractivity contribution < 1.29 is 15.0 Å². The molecule has 3 N–H and O–H groups in total. The number of anilines is 1. The lowest BCUT2D eigenvalue weighted by molar-refractivity contribution is -0.113. The Morgan fingerprint density at radius 1 is 1.24 bits per heavy atom. The van der Waals surface area contributed by atoms with Gasteiger partial charge >= 0.3 is 0 Å². The first-order chi connectivity index (χ1) is 13.9. The Hall–Kier alpha value is -2.49. The normalized spacial score (nSPS) is 10.7. The molecule has 1 heterocycles. The van der Waals surface area contributed by atoms with E-state index < -0.39 is 0 Å². The maximum atomic E-state index is 12.3. The number of nitrogens with one attached hydrogen (secondary N) is 1. The van der Waals surface area contributed by atoms with Crippen molar-refractivity contribution in [3.63, 3.8) is 0 Å². The van der Waals surface area contributed by atoms with Gasteiger partial charge in [0, 0.05) is 16.0 Å². The molecular formula is C19H16BrClN4O3S. The molecular weight excluding hydrogens is 480 g/mol. The second kappa shape index (κ2) is 9.34. The van der Waals surface area contributed by atoms with Crippen LogP contribution in [0.4, 0.5) is 5.69 Å². The van der Waals surface area contributed by atoms with Crippen LogP contribution in [0, 0.1) is 0 Å². The second-order valence-corrected chi connectivity index (χ2v) is 8.16. The zero-order valence-corrected chi connectivity index (χ0v) is 18.1. The molecule has 0 aliphatic heterocycles. The van der Waals surface area contributed by atoms with E-state index in [-0.39, 0.29) is 28.8 Å². The molecule has 0 saturated heterocycles. The lowest BCUT2D eigenvalue weighted by Gasteiger charge is -2.10. The van der Waals surface area contributed by atoms with Crippen molar-refractivity contribution >= 4 is 50.9 Å². The van der Waals surface area contributed by atoms with Crippen molar-refractivity contribution in [1.29, 1.82) is 0 Å². The van der Waals surface area contributed by atoms with Gasteiger partial charge in [-0.1, -0.05) is 45.4 Å². The molecule has 0 aliphatic carbocycles. The smallest absolute Gasteiger partial charge is 0.234 e. The molecule has 0 fully saturated rings. The standard InChI is InChI=1S/C19H16BrClN4O3S/c1-2-7-25-18(13-8-11(20)3-5-15(13)26)23-24-19(25)29-10-17(28)22-14-9-12(21)4-6-16(14)27/h2-6,8-9,26-27H,1,7,10H2,(H,22,28). The Bertz CT molecular complexity index is 1070. The summed E-state index contributed by atoms with van der Waals surface area (Å²) >= 11 is 10.4. The van der Waals surface area contributed by atoms with E-state index in [0.717, 1.165) is 4.47 Å². The van der Waals surface area contributed by atoms with Crippen LogP contribution in [0.5, 0.6) is 11.5 Å². The number of thioether (sulfide) groups is 1. The van der Waals surface area contributed by atoms with Gasteiger partial charge in [-0.15, -0.1) is 16.8 Å². The van der Waals surface area contributed by atoms with Gasteiger partial charge < -0.3 is 15.5 Å². The van der Waals surface area contributed by atoms with Crippen LogP contribution in [0.2, 0.25) is 5.02 Å². The molecule has 2 aromatic carbocycles. The quantitative estimate of drug-likeness (QED) is 0.250. The third kappa shape index (κ3) is 5.11. The number of benzene rings is 2. The van der Waals surface area contributed by atoms with Gasteiger partial charge in [0.2, 0.25) is 5.91 Å². The molecule has 3 aromatic rings. The van der Waals surface area contributed by atoms with Crippen LogP contribution in [-0.2, 0) is 11.3 Å². The minimum Gasteiger partial charge on any atom is -0.507 e. The van der Waals surface area contributed by atoms with Crippen molar-refractivity contribution in [2.24, 2.45) is 0 Å². The van der Waals surface area contributed by atoms with Crippen LogP contribution in [0.15, 0.2) is 58.7 Å². The van der Waals surface area contributed by atoms with E-state index in [0.29, 0.717) is 28.1 Å². The van der Waals surface area contributed by atoms with Gasteiger partial charge in [0.05, 0.1) is 17.0 Å². The zero-order chi connectivity index (χ0) is 21.0. The van der Waals surface area contributed by atoms with E-state index in [2.05, 4.69) is 38.0 Å². The van der Waals surface area contributed by atoms with Crippen LogP contribution >= 0.6 is 39.3 Å². The lowest BCUT2D eigenvalue weighted by Crippen LogP contribution is -2.14. The molecule has 0 spiro atoms. The first-order valence-electron chi connectivity index (χ1n) is 8.33. The Morgan fingerprint density at radius 3 is 2.76 bits per heavy atom. The van der Waals surface area contributed by atoms with E-state index in [1.165, 1.54) is 30.0 Å². The average Bonchev–Trinajstić information content (AvgIpc) is 3.08. The van der Waals surface area contributed by atoms with Crippen LogP contribution in [0.25, 0.3) is 11.4 Å². The molecule has 0 bridgehead atoms. The fourth-order valence-electron chi connectivity index (χ4n) is 2.50. The molecule has 0 atom stereocenters. The summed E-state index contributed by atoms with van der Waals surface area (Å²) in [6, 6.07) is 9.42. The molecule has 7 nitrogen and oxygen atoms in total. The highest BCUT2D eigenvalue weighted by Gasteiger charge is 2.18. The lowest BCUT2D eigenvalue weighted by atomic mass is 10.2. The number of hydrogen-bond donors (Lipinski definition) is 3. The third-order valence-electron chi connectivity index (χ3n) is 3.79. The average molecular weight is 496 g/mol. The number of carbonyl (C=O) groups is 1. The van der Waals surface area contributed by atoms with E-state index in [4.69, 9.17) is 11.6 Å². The number of rotatable bonds is 7. The number of aromatic hydroxyl groups is 2. The third-order valence-corrected chi connectivity index (χ3v) is 5.49. The molecule has 0 unspecified atom stereocenters. The molecule has 10 heteroatoms. The van der Waals surface area contributed by atoms with E-state index in [9.17, 15) is 15.0 Å². The summed E-state index contributed by atoms with van der Waals surface area (Å²) in [6.07, 6.45) is 1.68. The van der Waals surface area contributed by atoms with E-state index in [1.54, 1.807) is 28.8 Å². The van der Waals surface area contributed by atoms with Gasteiger partial charge in [-0.3, -0.25) is 9.36 Å². The molecule has 29 heavy (non-hydrogen) atoms. The number of phenolic OH excluding ortho intramolecular Hbond substituents is 2. The summed E-state index contributed by atoms with van der Waals surface area (Å²) in [5.74, 6) is 0.143. The number of amides is 1. The maximum Gasteiger partial charge on any atom is 0.234 e. The number of allylic oxidation sites excluding steroid dienone is 1. The van der Waals surface area contributed by atoms with Crippen LogP contribution in [0.3, 0.4) is 0 Å². The van der Waals surface area contributed by atoms with Crippen LogP contribution in [-0.4, -0.2) is 36.6 Å². The predicted molar refractivity (Wildman–Crippen MR) is 117 cm³/mol. The van der Waals surface area contributed by atoms with Crippen LogP contribution in [0.1, 0.15) is 0 Å². The summed E-state index contributed by atoms with van der Waals surface area (Å²) < 4.78 is 2.54. The minimum atomic E-state index is -0.340. The predicted octanol–water partition coefficient (Wildman–Crippen LogP) is 4.69. The first-order valence-corrected chi connectivity index (χ1v) is 10.5. The molecule has 0 radical (unpaired) electrons. The van der Waals surface area contributed by atoms with Crippen molar-refractivity contribution in [3.8, 4) is 22.9 Å². The largest absolute Gasteiger partial charge is 0.507 e. The highest BCUT2D eigenvalue weighted by atomic mass is 79.9. The van der Waals surface area contributed by atoms with E-state index in [1.807, 2.05) is 0 Å². The topological polar surface area (TPSA) is 100 Å². The summed E-state index contributed by atoms with van der Waals surface area (Å²) in [6.45, 7) is 4.14. The number of aromatic nitrogens is 3. The molecule has 0 saturated carbocycles. The Balaban J connectivity index is 1.78. The summed E-state index contributed by atoms with van der Waals surface area (Å²) in [5, 5.41) is 31.8. The fourth-order valence-corrected chi connectivity index (χ4v) is 3.78. The van der Waals surface area contributed by atoms with Crippen LogP contribution < -0.4 is 5.32 Å². The Morgan fingerprint density at radius 2 is 2.00 bits per heavy atom. The van der Waals surface area contributed by atoms with Gasteiger partial charge in [-0.05, 0) is 36.4 Å². The van der Waals surface area contributed by atoms with Gasteiger partial charge in [0.25, 0.3) is 0 Å². The number of nitrogens with zero attached hydrogens (tertiary/aromatic N) is 3. The van der Waals surface area contributed by atoms with Crippen molar-refractivity contribution in [1.82, 2.24) is 14.8 Å². The maximum absolute atomic E-state index is 12.3. The molecule has 3 rings (SSSR count). The summed E-state index contributed by atoms with van der Waals surface area (Å²) in [7, 11) is 0. The number of phenols is 2. The van der Waals surface area contributed by atoms with Crippen molar-refractivity contribution in [2.75, 3.05) is 11.1 Å². The SMILES string of the molecule is C=CCn1c(SCC(=O)Nc2cc(Cl)ccc2O)nnc1-c1cc(Br)ccc1O. The Labute approximate surface area is 184 Å². The van der Waals surface area contributed by atoms with Gasteiger partial charge in [0.15, 0.2) is 11.0 Å².